The smallest absolute Gasteiger partial charge is 0.261 e. The van der Waals surface area contributed by atoms with Crippen LogP contribution in [-0.2, 0) is 9.05 Å². The van der Waals surface area contributed by atoms with Crippen molar-refractivity contribution in [1.29, 1.82) is 0 Å². The lowest BCUT2D eigenvalue weighted by molar-refractivity contribution is 0.0934. The van der Waals surface area contributed by atoms with Crippen LogP contribution < -0.4 is 5.32 Å². The minimum Gasteiger partial charge on any atom is -0.350 e. The van der Waals surface area contributed by atoms with Crippen LogP contribution >= 0.6 is 10.7 Å². The van der Waals surface area contributed by atoms with Crippen molar-refractivity contribution in [1.82, 2.24) is 5.32 Å². The van der Waals surface area contributed by atoms with Gasteiger partial charge >= 0.3 is 0 Å². The second-order valence-corrected chi connectivity index (χ2v) is 8.10. The summed E-state index contributed by atoms with van der Waals surface area (Å²) in [5.74, 6) is 0.354. The molecule has 0 aliphatic heterocycles. The summed E-state index contributed by atoms with van der Waals surface area (Å²) in [6.07, 6.45) is 1.98. The minimum atomic E-state index is -3.77. The van der Waals surface area contributed by atoms with Gasteiger partial charge in [-0.05, 0) is 49.9 Å². The SMILES string of the molecule is CCC(C)CC(C)NC(=O)c1ccc(S(=O)(=O)Cl)cc1C. The lowest BCUT2D eigenvalue weighted by Crippen LogP contribution is -2.34. The molecule has 0 aliphatic rings. The van der Waals surface area contributed by atoms with Crippen LogP contribution in [0.25, 0.3) is 0 Å². The van der Waals surface area contributed by atoms with E-state index in [-0.39, 0.29) is 16.8 Å². The van der Waals surface area contributed by atoms with Crippen LogP contribution in [0.1, 0.15) is 49.5 Å². The molecule has 1 rings (SSSR count). The molecule has 0 bridgehead atoms. The van der Waals surface area contributed by atoms with Gasteiger partial charge in [0.1, 0.15) is 0 Å². The standard InChI is InChI=1S/C15H22ClNO3S/c1-5-10(2)8-12(4)17-15(18)14-7-6-13(9-11(14)3)21(16,19)20/h6-7,9-10,12H,5,8H2,1-4H3,(H,17,18). The third kappa shape index (κ3) is 5.32. The van der Waals surface area contributed by atoms with Gasteiger partial charge < -0.3 is 5.32 Å². The molecule has 118 valence electrons. The molecule has 1 amide bonds. The Balaban J connectivity index is 2.84. The molecule has 0 fully saturated rings. The summed E-state index contributed by atoms with van der Waals surface area (Å²) in [5.41, 5.74) is 1.06. The Morgan fingerprint density at radius 2 is 1.95 bits per heavy atom. The number of aryl methyl sites for hydroxylation is 1. The van der Waals surface area contributed by atoms with Crippen molar-refractivity contribution in [2.75, 3.05) is 0 Å². The minimum absolute atomic E-state index is 0.00544. The van der Waals surface area contributed by atoms with Crippen LogP contribution in [0.3, 0.4) is 0 Å². The van der Waals surface area contributed by atoms with Crippen LogP contribution in [0, 0.1) is 12.8 Å². The van der Waals surface area contributed by atoms with Gasteiger partial charge in [-0.1, -0.05) is 20.3 Å². The zero-order valence-corrected chi connectivity index (χ0v) is 14.4. The van der Waals surface area contributed by atoms with Crippen LogP contribution in [0.4, 0.5) is 0 Å². The lowest BCUT2D eigenvalue weighted by Gasteiger charge is -2.18. The molecule has 0 heterocycles. The van der Waals surface area contributed by atoms with E-state index >= 15 is 0 Å². The van der Waals surface area contributed by atoms with E-state index in [9.17, 15) is 13.2 Å². The topological polar surface area (TPSA) is 63.2 Å². The average molecular weight is 332 g/mol. The maximum Gasteiger partial charge on any atom is 0.261 e. The highest BCUT2D eigenvalue weighted by Crippen LogP contribution is 2.19. The highest BCUT2D eigenvalue weighted by Gasteiger charge is 2.16. The molecule has 0 aliphatic carbocycles. The van der Waals surface area contributed by atoms with Crippen molar-refractivity contribution in [3.8, 4) is 0 Å². The number of carbonyl (C=O) groups excluding carboxylic acids is 1. The molecule has 0 saturated heterocycles. The Kier molecular flexibility index (Phi) is 6.23. The molecule has 21 heavy (non-hydrogen) atoms. The molecule has 2 atom stereocenters. The summed E-state index contributed by atoms with van der Waals surface area (Å²) in [4.78, 5) is 12.2. The first-order valence-corrected chi connectivity index (χ1v) is 9.32. The van der Waals surface area contributed by atoms with Gasteiger partial charge in [0.15, 0.2) is 0 Å². The number of amides is 1. The first kappa shape index (κ1) is 18.0. The lowest BCUT2D eigenvalue weighted by atomic mass is 10.00. The number of hydrogen-bond donors (Lipinski definition) is 1. The van der Waals surface area contributed by atoms with E-state index in [2.05, 4.69) is 19.2 Å². The van der Waals surface area contributed by atoms with E-state index in [4.69, 9.17) is 10.7 Å². The van der Waals surface area contributed by atoms with E-state index in [0.29, 0.717) is 17.0 Å². The van der Waals surface area contributed by atoms with Crippen molar-refractivity contribution in [3.05, 3.63) is 29.3 Å². The molecule has 4 nitrogen and oxygen atoms in total. The quantitative estimate of drug-likeness (QED) is 0.812. The molecule has 6 heteroatoms. The van der Waals surface area contributed by atoms with Crippen molar-refractivity contribution < 1.29 is 13.2 Å². The van der Waals surface area contributed by atoms with Crippen LogP contribution in [0.2, 0.25) is 0 Å². The molecule has 1 aromatic carbocycles. The van der Waals surface area contributed by atoms with Crippen LogP contribution in [-0.4, -0.2) is 20.4 Å². The summed E-state index contributed by atoms with van der Waals surface area (Å²) in [7, 11) is 1.52. The Labute approximate surface area is 131 Å². The van der Waals surface area contributed by atoms with Gasteiger partial charge in [-0.2, -0.15) is 0 Å². The number of hydrogen-bond acceptors (Lipinski definition) is 3. The normalized spacial score (nSPS) is 14.5. The van der Waals surface area contributed by atoms with E-state index in [1.54, 1.807) is 6.92 Å². The maximum atomic E-state index is 12.2. The molecule has 2 unspecified atom stereocenters. The fraction of sp³-hybridized carbons (Fsp3) is 0.533. The van der Waals surface area contributed by atoms with Gasteiger partial charge in [-0.15, -0.1) is 0 Å². The number of rotatable bonds is 6. The van der Waals surface area contributed by atoms with Gasteiger partial charge in [0.05, 0.1) is 4.90 Å². The van der Waals surface area contributed by atoms with Crippen LogP contribution in [0.5, 0.6) is 0 Å². The second-order valence-electron chi connectivity index (χ2n) is 5.54. The van der Waals surface area contributed by atoms with Crippen molar-refractivity contribution in [2.45, 2.75) is 51.5 Å². The third-order valence-electron chi connectivity index (χ3n) is 3.55. The van der Waals surface area contributed by atoms with Gasteiger partial charge in [0.2, 0.25) is 0 Å². The summed E-state index contributed by atoms with van der Waals surface area (Å²) in [6.45, 7) is 7.93. The zero-order valence-electron chi connectivity index (χ0n) is 12.8. The van der Waals surface area contributed by atoms with Crippen molar-refractivity contribution in [2.24, 2.45) is 5.92 Å². The highest BCUT2D eigenvalue weighted by atomic mass is 35.7. The Morgan fingerprint density at radius 3 is 2.43 bits per heavy atom. The van der Waals surface area contributed by atoms with Gasteiger partial charge in [0.25, 0.3) is 15.0 Å². The fourth-order valence-electron chi connectivity index (χ4n) is 2.17. The molecule has 1 N–H and O–H groups in total. The van der Waals surface area contributed by atoms with Crippen LogP contribution in [0.15, 0.2) is 23.1 Å². The molecule has 0 aromatic heterocycles. The predicted octanol–water partition coefficient (Wildman–Crippen LogP) is 3.48. The van der Waals surface area contributed by atoms with Gasteiger partial charge in [-0.25, -0.2) is 8.42 Å². The van der Waals surface area contributed by atoms with Gasteiger partial charge in [-0.3, -0.25) is 4.79 Å². The van der Waals surface area contributed by atoms with Gasteiger partial charge in [0, 0.05) is 22.3 Å². The van der Waals surface area contributed by atoms with E-state index in [1.165, 1.54) is 18.2 Å². The summed E-state index contributed by atoms with van der Waals surface area (Å²) >= 11 is 0. The molecule has 0 radical (unpaired) electrons. The number of nitrogens with one attached hydrogen (secondary N) is 1. The number of halogens is 1. The van der Waals surface area contributed by atoms with E-state index in [0.717, 1.165) is 12.8 Å². The summed E-state index contributed by atoms with van der Waals surface area (Å²) in [5, 5.41) is 2.94. The van der Waals surface area contributed by atoms with Crippen molar-refractivity contribution >= 4 is 25.6 Å². The molecule has 0 spiro atoms. The van der Waals surface area contributed by atoms with Crippen molar-refractivity contribution in [3.63, 3.8) is 0 Å². The highest BCUT2D eigenvalue weighted by molar-refractivity contribution is 8.13. The molecule has 1 aromatic rings. The van der Waals surface area contributed by atoms with E-state index in [1.807, 2.05) is 6.92 Å². The third-order valence-corrected chi connectivity index (χ3v) is 4.91. The zero-order chi connectivity index (χ0) is 16.2. The largest absolute Gasteiger partial charge is 0.350 e. The Morgan fingerprint density at radius 1 is 1.33 bits per heavy atom. The average Bonchev–Trinajstić information content (AvgIpc) is 2.36. The predicted molar refractivity (Wildman–Crippen MR) is 85.2 cm³/mol. The summed E-state index contributed by atoms with van der Waals surface area (Å²) < 4.78 is 22.5. The second kappa shape index (κ2) is 7.27. The maximum absolute atomic E-state index is 12.2. The first-order valence-electron chi connectivity index (χ1n) is 7.01. The fourth-order valence-corrected chi connectivity index (χ4v) is 3.01. The molecular weight excluding hydrogens is 310 g/mol. The molecule has 0 saturated carbocycles. The summed E-state index contributed by atoms with van der Waals surface area (Å²) in [6, 6.07) is 4.33. The Hall–Kier alpha value is -1.07. The number of benzene rings is 1. The van der Waals surface area contributed by atoms with E-state index < -0.39 is 9.05 Å². The Bertz CT molecular complexity index is 613. The molecular formula is C15H22ClNO3S. The first-order chi connectivity index (χ1) is 9.65. The number of carbonyl (C=O) groups is 1. The monoisotopic (exact) mass is 331 g/mol.